The van der Waals surface area contributed by atoms with Crippen LogP contribution in [0.3, 0.4) is 0 Å². The number of benzene rings is 1. The van der Waals surface area contributed by atoms with E-state index < -0.39 is 0 Å². The van der Waals surface area contributed by atoms with Crippen LogP contribution in [0.2, 0.25) is 0 Å². The zero-order chi connectivity index (χ0) is 12.7. The minimum absolute atomic E-state index is 0.152. The molecule has 1 aromatic rings. The summed E-state index contributed by atoms with van der Waals surface area (Å²) in [5.41, 5.74) is 1.95. The maximum absolute atomic E-state index is 12.3. The Kier molecular flexibility index (Phi) is 3.16. The van der Waals surface area contributed by atoms with E-state index >= 15 is 0 Å². The monoisotopic (exact) mass is 309 g/mol. The third-order valence-corrected chi connectivity index (χ3v) is 4.50. The van der Waals surface area contributed by atoms with Crippen molar-refractivity contribution in [1.82, 2.24) is 4.90 Å². The lowest BCUT2D eigenvalue weighted by Crippen LogP contribution is -2.39. The summed E-state index contributed by atoms with van der Waals surface area (Å²) in [5, 5.41) is 9.54. The molecule has 3 rings (SSSR count). The molecule has 0 aromatic heterocycles. The zero-order valence-corrected chi connectivity index (χ0v) is 11.7. The first-order valence-electron chi connectivity index (χ1n) is 6.42. The molecular weight excluding hydrogens is 294 g/mol. The van der Waals surface area contributed by atoms with Gasteiger partial charge in [-0.05, 0) is 49.4 Å². The van der Waals surface area contributed by atoms with Gasteiger partial charge in [-0.2, -0.15) is 0 Å². The molecule has 1 aromatic carbocycles. The topological polar surface area (TPSA) is 40.5 Å². The SMILES string of the molecule is O=C1c2ccc(Br)cc2CN1[C@H]1CC[C@H](O)CC1. The molecule has 1 N–H and O–H groups in total. The van der Waals surface area contributed by atoms with Gasteiger partial charge in [0.15, 0.2) is 0 Å². The predicted molar refractivity (Wildman–Crippen MR) is 72.3 cm³/mol. The third-order valence-electron chi connectivity index (χ3n) is 4.01. The average molecular weight is 310 g/mol. The molecule has 0 bridgehead atoms. The van der Waals surface area contributed by atoms with Gasteiger partial charge >= 0.3 is 0 Å². The van der Waals surface area contributed by atoms with Crippen LogP contribution in [-0.4, -0.2) is 28.1 Å². The largest absolute Gasteiger partial charge is 0.393 e. The number of aliphatic hydroxyl groups is 1. The number of hydrogen-bond acceptors (Lipinski definition) is 2. The van der Waals surface area contributed by atoms with Gasteiger partial charge in [-0.1, -0.05) is 15.9 Å². The maximum Gasteiger partial charge on any atom is 0.254 e. The second-order valence-corrected chi connectivity index (χ2v) is 6.11. The van der Waals surface area contributed by atoms with Gasteiger partial charge in [0.1, 0.15) is 0 Å². The van der Waals surface area contributed by atoms with Crippen LogP contribution in [0, 0.1) is 0 Å². The standard InChI is InChI=1S/C14H16BrNO2/c15-10-1-6-13-9(7-10)8-16(14(13)18)11-2-4-12(17)5-3-11/h1,6-7,11-12,17H,2-5,8H2/t11-,12-. The smallest absolute Gasteiger partial charge is 0.254 e. The summed E-state index contributed by atoms with van der Waals surface area (Å²) in [5.74, 6) is 0.152. The van der Waals surface area contributed by atoms with Crippen molar-refractivity contribution < 1.29 is 9.90 Å². The van der Waals surface area contributed by atoms with Crippen molar-refractivity contribution in [2.75, 3.05) is 0 Å². The molecule has 96 valence electrons. The highest BCUT2D eigenvalue weighted by Crippen LogP contribution is 2.32. The van der Waals surface area contributed by atoms with E-state index in [1.54, 1.807) is 0 Å². The molecule has 1 heterocycles. The molecule has 0 atom stereocenters. The number of aliphatic hydroxyl groups excluding tert-OH is 1. The predicted octanol–water partition coefficient (Wildman–Crippen LogP) is 2.71. The van der Waals surface area contributed by atoms with Gasteiger partial charge in [-0.3, -0.25) is 4.79 Å². The third kappa shape index (κ3) is 2.08. The molecular formula is C14H16BrNO2. The highest BCUT2D eigenvalue weighted by Gasteiger charge is 2.34. The summed E-state index contributed by atoms with van der Waals surface area (Å²) in [4.78, 5) is 14.3. The minimum Gasteiger partial charge on any atom is -0.393 e. The number of amides is 1. The molecule has 0 unspecified atom stereocenters. The summed E-state index contributed by atoms with van der Waals surface area (Å²) in [6.45, 7) is 0.717. The fraction of sp³-hybridized carbons (Fsp3) is 0.500. The second-order valence-electron chi connectivity index (χ2n) is 5.20. The van der Waals surface area contributed by atoms with Crippen molar-refractivity contribution in [3.8, 4) is 0 Å². The maximum atomic E-state index is 12.3. The Morgan fingerprint density at radius 2 is 1.94 bits per heavy atom. The Balaban J connectivity index is 1.80. The van der Waals surface area contributed by atoms with Gasteiger partial charge in [0.05, 0.1) is 6.10 Å². The second kappa shape index (κ2) is 4.67. The first kappa shape index (κ1) is 12.2. The lowest BCUT2D eigenvalue weighted by atomic mass is 9.92. The summed E-state index contributed by atoms with van der Waals surface area (Å²) < 4.78 is 1.02. The Bertz CT molecular complexity index is 481. The van der Waals surface area contributed by atoms with E-state index in [0.717, 1.165) is 41.3 Å². The number of nitrogens with zero attached hydrogens (tertiary/aromatic N) is 1. The van der Waals surface area contributed by atoms with E-state index in [1.165, 1.54) is 0 Å². The number of hydrogen-bond donors (Lipinski definition) is 1. The summed E-state index contributed by atoms with van der Waals surface area (Å²) >= 11 is 3.45. The molecule has 1 saturated carbocycles. The van der Waals surface area contributed by atoms with Crippen LogP contribution in [0.4, 0.5) is 0 Å². The van der Waals surface area contributed by atoms with Crippen LogP contribution in [0.1, 0.15) is 41.6 Å². The van der Waals surface area contributed by atoms with E-state index in [9.17, 15) is 9.90 Å². The summed E-state index contributed by atoms with van der Waals surface area (Å²) in [6.07, 6.45) is 3.29. The Morgan fingerprint density at radius 1 is 1.22 bits per heavy atom. The van der Waals surface area contributed by atoms with Crippen molar-refractivity contribution in [2.24, 2.45) is 0 Å². The molecule has 18 heavy (non-hydrogen) atoms. The van der Waals surface area contributed by atoms with E-state index in [2.05, 4.69) is 15.9 Å². The quantitative estimate of drug-likeness (QED) is 0.866. The van der Waals surface area contributed by atoms with Crippen LogP contribution >= 0.6 is 15.9 Å². The number of fused-ring (bicyclic) bond motifs is 1. The van der Waals surface area contributed by atoms with E-state index in [1.807, 2.05) is 23.1 Å². The Morgan fingerprint density at radius 3 is 2.67 bits per heavy atom. The molecule has 1 aliphatic heterocycles. The van der Waals surface area contributed by atoms with Gasteiger partial charge in [0.25, 0.3) is 5.91 Å². The number of carbonyl (C=O) groups is 1. The van der Waals surface area contributed by atoms with E-state index in [4.69, 9.17) is 0 Å². The highest BCUT2D eigenvalue weighted by molar-refractivity contribution is 9.10. The van der Waals surface area contributed by atoms with Crippen LogP contribution in [0.15, 0.2) is 22.7 Å². The highest BCUT2D eigenvalue weighted by atomic mass is 79.9. The average Bonchev–Trinajstić information content (AvgIpc) is 2.67. The van der Waals surface area contributed by atoms with Gasteiger partial charge < -0.3 is 10.0 Å². The fourth-order valence-electron chi connectivity index (χ4n) is 2.98. The molecule has 2 aliphatic rings. The van der Waals surface area contributed by atoms with Crippen LogP contribution in [0.5, 0.6) is 0 Å². The van der Waals surface area contributed by atoms with Gasteiger partial charge in [0.2, 0.25) is 0 Å². The van der Waals surface area contributed by atoms with Crippen molar-refractivity contribution >= 4 is 21.8 Å². The molecule has 1 amide bonds. The molecule has 0 radical (unpaired) electrons. The van der Waals surface area contributed by atoms with E-state index in [-0.39, 0.29) is 12.0 Å². The summed E-state index contributed by atoms with van der Waals surface area (Å²) in [6, 6.07) is 6.15. The van der Waals surface area contributed by atoms with Gasteiger partial charge in [-0.25, -0.2) is 0 Å². The van der Waals surface area contributed by atoms with Crippen LogP contribution < -0.4 is 0 Å². The van der Waals surface area contributed by atoms with Crippen LogP contribution in [0.25, 0.3) is 0 Å². The number of halogens is 1. The zero-order valence-electron chi connectivity index (χ0n) is 10.1. The lowest BCUT2D eigenvalue weighted by molar-refractivity contribution is 0.0519. The molecule has 1 fully saturated rings. The first-order chi connectivity index (χ1) is 8.65. The molecule has 0 spiro atoms. The van der Waals surface area contributed by atoms with Crippen molar-refractivity contribution in [2.45, 2.75) is 44.4 Å². The van der Waals surface area contributed by atoms with Crippen molar-refractivity contribution in [1.29, 1.82) is 0 Å². The molecule has 3 nitrogen and oxygen atoms in total. The Hall–Kier alpha value is -0.870. The molecule has 0 saturated heterocycles. The van der Waals surface area contributed by atoms with E-state index in [0.29, 0.717) is 12.6 Å². The van der Waals surface area contributed by atoms with Gasteiger partial charge in [-0.15, -0.1) is 0 Å². The van der Waals surface area contributed by atoms with Crippen molar-refractivity contribution in [3.63, 3.8) is 0 Å². The summed E-state index contributed by atoms with van der Waals surface area (Å²) in [7, 11) is 0. The first-order valence-corrected chi connectivity index (χ1v) is 7.22. The number of carbonyl (C=O) groups excluding carboxylic acids is 1. The normalized spacial score (nSPS) is 27.4. The van der Waals surface area contributed by atoms with Gasteiger partial charge in [0, 0.05) is 22.6 Å². The minimum atomic E-state index is -0.171. The lowest BCUT2D eigenvalue weighted by Gasteiger charge is -2.32. The molecule has 4 heteroatoms. The van der Waals surface area contributed by atoms with Crippen LogP contribution in [-0.2, 0) is 6.54 Å². The Labute approximate surface area is 115 Å². The number of rotatable bonds is 1. The molecule has 1 aliphatic carbocycles. The fourth-order valence-corrected chi connectivity index (χ4v) is 3.39. The van der Waals surface area contributed by atoms with Crippen molar-refractivity contribution in [3.05, 3.63) is 33.8 Å².